The van der Waals surface area contributed by atoms with Gasteiger partial charge in [0.25, 0.3) is 11.6 Å². The number of nitrogens with one attached hydrogen (secondary N) is 1. The molecular formula is C25H19FIN3O4. The molecule has 0 aromatic heterocycles. The summed E-state index contributed by atoms with van der Waals surface area (Å²) in [5.74, 6) is -0.485. The number of carbonyl (C=O) groups is 1. The van der Waals surface area contributed by atoms with Gasteiger partial charge in [-0.3, -0.25) is 14.9 Å². The molecule has 34 heavy (non-hydrogen) atoms. The highest BCUT2D eigenvalue weighted by atomic mass is 127. The van der Waals surface area contributed by atoms with Crippen LogP contribution in [0.25, 0.3) is 6.08 Å². The number of ether oxygens (including phenoxy) is 1. The number of amides is 1. The number of non-ortho nitro benzene ring substituents is 1. The van der Waals surface area contributed by atoms with E-state index in [1.54, 1.807) is 30.3 Å². The lowest BCUT2D eigenvalue weighted by atomic mass is 10.0. The summed E-state index contributed by atoms with van der Waals surface area (Å²) in [7, 11) is 0. The van der Waals surface area contributed by atoms with Crippen LogP contribution in [0.4, 0.5) is 15.8 Å². The molecule has 3 aromatic carbocycles. The highest BCUT2D eigenvalue weighted by Gasteiger charge is 2.16. The highest BCUT2D eigenvalue weighted by molar-refractivity contribution is 14.1. The molecule has 3 aromatic rings. The molecule has 172 valence electrons. The van der Waals surface area contributed by atoms with Gasteiger partial charge in [-0.15, -0.1) is 0 Å². The van der Waals surface area contributed by atoms with Gasteiger partial charge in [0.2, 0.25) is 0 Å². The topological polar surface area (TPSA) is 105 Å². The lowest BCUT2D eigenvalue weighted by Crippen LogP contribution is -2.13. The van der Waals surface area contributed by atoms with E-state index in [0.29, 0.717) is 29.9 Å². The maximum absolute atomic E-state index is 14.2. The van der Waals surface area contributed by atoms with Crippen molar-refractivity contribution in [1.29, 1.82) is 5.26 Å². The van der Waals surface area contributed by atoms with Crippen molar-refractivity contribution < 1.29 is 18.8 Å². The van der Waals surface area contributed by atoms with Crippen LogP contribution in [0, 0.1) is 30.8 Å². The first-order chi connectivity index (χ1) is 16.3. The monoisotopic (exact) mass is 571 g/mol. The summed E-state index contributed by atoms with van der Waals surface area (Å²) >= 11 is 2.12. The third-order valence-corrected chi connectivity index (χ3v) is 5.76. The van der Waals surface area contributed by atoms with E-state index in [1.807, 2.05) is 13.0 Å². The Morgan fingerprint density at radius 1 is 1.24 bits per heavy atom. The van der Waals surface area contributed by atoms with E-state index in [9.17, 15) is 24.6 Å². The minimum Gasteiger partial charge on any atom is -0.494 e. The van der Waals surface area contributed by atoms with E-state index >= 15 is 0 Å². The molecule has 1 amide bonds. The fourth-order valence-electron chi connectivity index (χ4n) is 3.21. The number of benzene rings is 3. The Bertz CT molecular complexity index is 1320. The molecule has 0 aliphatic carbocycles. The molecule has 9 heteroatoms. The summed E-state index contributed by atoms with van der Waals surface area (Å²) in [6.45, 7) is 2.21. The minimum atomic E-state index is -0.702. The predicted octanol–water partition coefficient (Wildman–Crippen LogP) is 5.87. The summed E-state index contributed by atoms with van der Waals surface area (Å²) < 4.78 is 20.7. The number of hydrogen-bond acceptors (Lipinski definition) is 5. The van der Waals surface area contributed by atoms with E-state index < -0.39 is 10.8 Å². The van der Waals surface area contributed by atoms with Crippen LogP contribution in [0.3, 0.4) is 0 Å². The van der Waals surface area contributed by atoms with Gasteiger partial charge in [0.1, 0.15) is 23.2 Å². The van der Waals surface area contributed by atoms with Gasteiger partial charge in [0, 0.05) is 33.4 Å². The molecule has 3 rings (SSSR count). The number of nitro benzene ring substituents is 1. The average Bonchev–Trinajstić information content (AvgIpc) is 2.81. The van der Waals surface area contributed by atoms with E-state index in [2.05, 4.69) is 27.9 Å². The van der Waals surface area contributed by atoms with Gasteiger partial charge in [0.15, 0.2) is 0 Å². The molecule has 0 fully saturated rings. The van der Waals surface area contributed by atoms with Gasteiger partial charge < -0.3 is 10.1 Å². The zero-order chi connectivity index (χ0) is 24.7. The quantitative estimate of drug-likeness (QED) is 0.120. The SMILES string of the molecule is CCOc1cc(/C=C(\C#N)C(=O)Nc2cccc([N+](=O)[O-])c2)cc(I)c1Cc1ccccc1F. The second-order valence-corrected chi connectivity index (χ2v) is 8.27. The summed E-state index contributed by atoms with van der Waals surface area (Å²) in [4.78, 5) is 23.0. The van der Waals surface area contributed by atoms with E-state index in [-0.39, 0.29) is 22.8 Å². The second-order valence-electron chi connectivity index (χ2n) is 7.11. The van der Waals surface area contributed by atoms with Gasteiger partial charge in [-0.25, -0.2) is 4.39 Å². The Kier molecular flexibility index (Phi) is 8.32. The van der Waals surface area contributed by atoms with Crippen molar-refractivity contribution in [2.24, 2.45) is 0 Å². The first-order valence-electron chi connectivity index (χ1n) is 10.2. The molecule has 0 aliphatic heterocycles. The molecule has 0 aliphatic rings. The van der Waals surface area contributed by atoms with Crippen LogP contribution in [-0.4, -0.2) is 17.4 Å². The van der Waals surface area contributed by atoms with Crippen LogP contribution < -0.4 is 10.1 Å². The summed E-state index contributed by atoms with van der Waals surface area (Å²) in [5, 5.41) is 23.0. The Labute approximate surface area is 209 Å². The van der Waals surface area contributed by atoms with Crippen LogP contribution in [0.5, 0.6) is 5.75 Å². The van der Waals surface area contributed by atoms with Crippen molar-refractivity contribution in [3.8, 4) is 11.8 Å². The number of hydrogen-bond donors (Lipinski definition) is 1. The maximum atomic E-state index is 14.2. The third-order valence-electron chi connectivity index (χ3n) is 4.79. The highest BCUT2D eigenvalue weighted by Crippen LogP contribution is 2.30. The van der Waals surface area contributed by atoms with Gasteiger partial charge >= 0.3 is 0 Å². The van der Waals surface area contributed by atoms with Gasteiger partial charge in [-0.1, -0.05) is 24.3 Å². The van der Waals surface area contributed by atoms with Gasteiger partial charge in [0.05, 0.1) is 11.5 Å². The molecule has 0 atom stereocenters. The Morgan fingerprint density at radius 2 is 2.00 bits per heavy atom. The molecule has 0 spiro atoms. The summed E-state index contributed by atoms with van der Waals surface area (Å²) in [5.41, 5.74) is 1.71. The third kappa shape index (κ3) is 6.17. The van der Waals surface area contributed by atoms with Gasteiger partial charge in [-0.05, 0) is 71.0 Å². The number of nitro groups is 1. The normalized spacial score (nSPS) is 10.9. The maximum Gasteiger partial charge on any atom is 0.271 e. The van der Waals surface area contributed by atoms with Crippen LogP contribution in [0.15, 0.2) is 66.2 Å². The number of nitrogens with zero attached hydrogens (tertiary/aromatic N) is 2. The van der Waals surface area contributed by atoms with Crippen LogP contribution >= 0.6 is 22.6 Å². The largest absolute Gasteiger partial charge is 0.494 e. The lowest BCUT2D eigenvalue weighted by Gasteiger charge is -2.14. The van der Waals surface area contributed by atoms with Crippen molar-refractivity contribution in [2.75, 3.05) is 11.9 Å². The van der Waals surface area contributed by atoms with Crippen LogP contribution in [-0.2, 0) is 11.2 Å². The molecule has 0 unspecified atom stereocenters. The number of anilines is 1. The second kappa shape index (κ2) is 11.4. The number of halogens is 2. The number of rotatable bonds is 8. The average molecular weight is 571 g/mol. The van der Waals surface area contributed by atoms with Crippen molar-refractivity contribution in [3.63, 3.8) is 0 Å². The molecule has 1 N–H and O–H groups in total. The minimum absolute atomic E-state index is 0.179. The van der Waals surface area contributed by atoms with Crippen molar-refractivity contribution >= 4 is 45.9 Å². The lowest BCUT2D eigenvalue weighted by molar-refractivity contribution is -0.384. The van der Waals surface area contributed by atoms with Crippen molar-refractivity contribution in [3.05, 3.63) is 102 Å². The number of carbonyl (C=O) groups excluding carboxylic acids is 1. The van der Waals surface area contributed by atoms with Crippen molar-refractivity contribution in [1.82, 2.24) is 0 Å². The molecule has 0 radical (unpaired) electrons. The predicted molar refractivity (Wildman–Crippen MR) is 135 cm³/mol. The molecule has 0 heterocycles. The zero-order valence-corrected chi connectivity index (χ0v) is 20.2. The first kappa shape index (κ1) is 24.9. The Hall–Kier alpha value is -3.78. The van der Waals surface area contributed by atoms with Gasteiger partial charge in [-0.2, -0.15) is 5.26 Å². The molecule has 0 saturated carbocycles. The number of nitriles is 1. The smallest absolute Gasteiger partial charge is 0.271 e. The zero-order valence-electron chi connectivity index (χ0n) is 18.0. The van der Waals surface area contributed by atoms with E-state index in [4.69, 9.17) is 4.74 Å². The Balaban J connectivity index is 1.91. The molecule has 7 nitrogen and oxygen atoms in total. The van der Waals surface area contributed by atoms with Crippen molar-refractivity contribution in [2.45, 2.75) is 13.3 Å². The van der Waals surface area contributed by atoms with E-state index in [1.165, 1.54) is 36.4 Å². The fraction of sp³-hybridized carbons (Fsp3) is 0.120. The summed E-state index contributed by atoms with van der Waals surface area (Å²) in [6, 6.07) is 17.3. The fourth-order valence-corrected chi connectivity index (χ4v) is 4.03. The first-order valence-corrected chi connectivity index (χ1v) is 11.3. The van der Waals surface area contributed by atoms with E-state index in [0.717, 1.165) is 9.13 Å². The Morgan fingerprint density at radius 3 is 2.68 bits per heavy atom. The standard InChI is InChI=1S/C25H19FIN3O4/c1-2-34-24-12-16(11-23(27)21(24)13-17-6-3-4-9-22(17)26)10-18(15-28)25(31)29-19-7-5-8-20(14-19)30(32)33/h3-12,14H,2,13H2,1H3,(H,29,31)/b18-10+. The van der Waals surface area contributed by atoms with Crippen LogP contribution in [0.2, 0.25) is 0 Å². The van der Waals surface area contributed by atoms with Crippen LogP contribution in [0.1, 0.15) is 23.6 Å². The molecule has 0 saturated heterocycles. The summed E-state index contributed by atoms with van der Waals surface area (Å²) in [6.07, 6.45) is 1.73. The molecule has 0 bridgehead atoms. The molecular weight excluding hydrogens is 552 g/mol.